The summed E-state index contributed by atoms with van der Waals surface area (Å²) in [5.74, 6) is 2.10. The molecule has 0 radical (unpaired) electrons. The number of hydrogen-bond donors (Lipinski definition) is 1. The normalized spacial score (nSPS) is 23.0. The number of sulfone groups is 1. The van der Waals surface area contributed by atoms with Gasteiger partial charge in [-0.25, -0.2) is 8.42 Å². The van der Waals surface area contributed by atoms with Gasteiger partial charge in [0.1, 0.15) is 0 Å². The highest BCUT2D eigenvalue weighted by atomic mass is 35.5. The molecule has 1 aliphatic carbocycles. The van der Waals surface area contributed by atoms with Crippen molar-refractivity contribution >= 4 is 27.1 Å². The highest BCUT2D eigenvalue weighted by molar-refractivity contribution is 7.91. The van der Waals surface area contributed by atoms with Gasteiger partial charge in [-0.15, -0.1) is 11.6 Å². The average molecular weight is 330 g/mol. The zero-order valence-corrected chi connectivity index (χ0v) is 14.1. The molecule has 0 heterocycles. The van der Waals surface area contributed by atoms with E-state index in [9.17, 15) is 8.42 Å². The highest BCUT2D eigenvalue weighted by Gasteiger charge is 2.24. The van der Waals surface area contributed by atoms with Crippen LogP contribution >= 0.6 is 11.6 Å². The number of alkyl halides is 1. The van der Waals surface area contributed by atoms with E-state index in [1.165, 1.54) is 25.7 Å². The molecule has 1 aliphatic rings. The third-order valence-corrected chi connectivity index (χ3v) is 6.57. The topological polar surface area (TPSA) is 46.2 Å². The van der Waals surface area contributed by atoms with Crippen LogP contribution in [0.1, 0.15) is 32.6 Å². The van der Waals surface area contributed by atoms with Gasteiger partial charge in [0.05, 0.1) is 10.6 Å². The SMILES string of the molecule is CCS(=O)(=O)c1ccc(NCC2CCCCC2CCl)cc1. The number of nitrogens with one attached hydrogen (secondary N) is 1. The fourth-order valence-corrected chi connectivity index (χ4v) is 4.24. The number of halogens is 1. The van der Waals surface area contributed by atoms with E-state index in [-0.39, 0.29) is 5.75 Å². The van der Waals surface area contributed by atoms with Crippen LogP contribution in [0.4, 0.5) is 5.69 Å². The van der Waals surface area contributed by atoms with Crippen LogP contribution in [0.3, 0.4) is 0 Å². The van der Waals surface area contributed by atoms with E-state index in [0.717, 1.165) is 18.1 Å². The second-order valence-corrected chi connectivity index (χ2v) is 8.35. The first-order valence-electron chi connectivity index (χ1n) is 7.69. The van der Waals surface area contributed by atoms with Crippen molar-refractivity contribution in [1.82, 2.24) is 0 Å². The second kappa shape index (κ2) is 7.50. The molecule has 3 nitrogen and oxygen atoms in total. The minimum Gasteiger partial charge on any atom is -0.385 e. The molecule has 1 saturated carbocycles. The van der Waals surface area contributed by atoms with Crippen LogP contribution < -0.4 is 5.32 Å². The molecule has 0 bridgehead atoms. The Bertz CT molecular complexity index is 542. The summed E-state index contributed by atoms with van der Waals surface area (Å²) in [6.07, 6.45) is 5.03. The monoisotopic (exact) mass is 329 g/mol. The van der Waals surface area contributed by atoms with Gasteiger partial charge in [0.2, 0.25) is 0 Å². The molecular formula is C16H24ClNO2S. The maximum Gasteiger partial charge on any atom is 0.178 e. The molecule has 21 heavy (non-hydrogen) atoms. The minimum atomic E-state index is -3.11. The number of anilines is 1. The smallest absolute Gasteiger partial charge is 0.178 e. The summed E-state index contributed by atoms with van der Waals surface area (Å²) >= 11 is 6.05. The molecule has 118 valence electrons. The van der Waals surface area contributed by atoms with E-state index in [0.29, 0.717) is 16.7 Å². The third kappa shape index (κ3) is 4.36. The van der Waals surface area contributed by atoms with Crippen molar-refractivity contribution < 1.29 is 8.42 Å². The Hall–Kier alpha value is -0.740. The van der Waals surface area contributed by atoms with Crippen molar-refractivity contribution in [3.63, 3.8) is 0 Å². The van der Waals surface area contributed by atoms with Crippen molar-refractivity contribution in [2.75, 3.05) is 23.5 Å². The van der Waals surface area contributed by atoms with Crippen LogP contribution in [0.15, 0.2) is 29.2 Å². The lowest BCUT2D eigenvalue weighted by Crippen LogP contribution is -2.27. The van der Waals surface area contributed by atoms with E-state index in [2.05, 4.69) is 5.32 Å². The van der Waals surface area contributed by atoms with Crippen LogP contribution in [0.2, 0.25) is 0 Å². The maximum atomic E-state index is 11.8. The lowest BCUT2D eigenvalue weighted by atomic mass is 9.80. The molecule has 0 aromatic heterocycles. The number of hydrogen-bond acceptors (Lipinski definition) is 3. The second-order valence-electron chi connectivity index (χ2n) is 5.77. The summed E-state index contributed by atoms with van der Waals surface area (Å²) in [6, 6.07) is 7.06. The molecule has 2 atom stereocenters. The molecular weight excluding hydrogens is 306 g/mol. The summed E-state index contributed by atoms with van der Waals surface area (Å²) < 4.78 is 23.5. The van der Waals surface area contributed by atoms with Crippen molar-refractivity contribution in [3.05, 3.63) is 24.3 Å². The molecule has 1 N–H and O–H groups in total. The number of rotatable bonds is 6. The minimum absolute atomic E-state index is 0.138. The fourth-order valence-electron chi connectivity index (χ4n) is 2.95. The van der Waals surface area contributed by atoms with E-state index in [4.69, 9.17) is 11.6 Å². The maximum absolute atomic E-state index is 11.8. The summed E-state index contributed by atoms with van der Waals surface area (Å²) in [5.41, 5.74) is 0.976. The summed E-state index contributed by atoms with van der Waals surface area (Å²) in [7, 11) is -3.11. The summed E-state index contributed by atoms with van der Waals surface area (Å²) in [4.78, 5) is 0.395. The Morgan fingerprint density at radius 1 is 1.14 bits per heavy atom. The van der Waals surface area contributed by atoms with E-state index in [1.807, 2.05) is 12.1 Å². The molecule has 1 aromatic carbocycles. The van der Waals surface area contributed by atoms with Crippen LogP contribution in [-0.4, -0.2) is 26.6 Å². The molecule has 0 saturated heterocycles. The molecule has 0 spiro atoms. The van der Waals surface area contributed by atoms with Gasteiger partial charge in [0, 0.05) is 18.1 Å². The Morgan fingerprint density at radius 3 is 2.33 bits per heavy atom. The standard InChI is InChI=1S/C16H24ClNO2S/c1-2-21(19,20)16-9-7-15(8-10-16)18-12-14-6-4-3-5-13(14)11-17/h7-10,13-14,18H,2-6,11-12H2,1H3. The molecule has 0 aliphatic heterocycles. The fraction of sp³-hybridized carbons (Fsp3) is 0.625. The van der Waals surface area contributed by atoms with Crippen LogP contribution in [0, 0.1) is 11.8 Å². The van der Waals surface area contributed by atoms with Gasteiger partial charge in [-0.05, 0) is 48.9 Å². The lowest BCUT2D eigenvalue weighted by Gasteiger charge is -2.30. The van der Waals surface area contributed by atoms with Crippen molar-refractivity contribution in [3.8, 4) is 0 Å². The summed E-state index contributed by atoms with van der Waals surface area (Å²) in [6.45, 7) is 2.58. The molecule has 5 heteroatoms. The molecule has 2 unspecified atom stereocenters. The first kappa shape index (κ1) is 16.6. The molecule has 0 amide bonds. The molecule has 1 aromatic rings. The first-order valence-corrected chi connectivity index (χ1v) is 9.88. The van der Waals surface area contributed by atoms with Crippen molar-refractivity contribution in [2.45, 2.75) is 37.5 Å². The summed E-state index contributed by atoms with van der Waals surface area (Å²) in [5, 5.41) is 3.42. The van der Waals surface area contributed by atoms with Crippen molar-refractivity contribution in [2.24, 2.45) is 11.8 Å². The van der Waals surface area contributed by atoms with Gasteiger partial charge in [0.25, 0.3) is 0 Å². The Balaban J connectivity index is 1.94. The predicted molar refractivity (Wildman–Crippen MR) is 88.8 cm³/mol. The van der Waals surface area contributed by atoms with Crippen LogP contribution in [0.25, 0.3) is 0 Å². The molecule has 1 fully saturated rings. The first-order chi connectivity index (χ1) is 10.1. The van der Waals surface area contributed by atoms with Gasteiger partial charge in [-0.1, -0.05) is 19.8 Å². The average Bonchev–Trinajstić information content (AvgIpc) is 2.53. The van der Waals surface area contributed by atoms with E-state index < -0.39 is 9.84 Å². The predicted octanol–water partition coefficient (Wildman–Crippen LogP) is 3.94. The number of benzene rings is 1. The largest absolute Gasteiger partial charge is 0.385 e. The molecule has 2 rings (SSSR count). The Kier molecular flexibility index (Phi) is 5.94. The Morgan fingerprint density at radius 2 is 1.76 bits per heavy atom. The van der Waals surface area contributed by atoms with Gasteiger partial charge < -0.3 is 5.32 Å². The van der Waals surface area contributed by atoms with Gasteiger partial charge in [-0.3, -0.25) is 0 Å². The zero-order valence-electron chi connectivity index (χ0n) is 12.5. The van der Waals surface area contributed by atoms with Gasteiger partial charge in [0.15, 0.2) is 9.84 Å². The van der Waals surface area contributed by atoms with E-state index >= 15 is 0 Å². The Labute approximate surface area is 133 Å². The third-order valence-electron chi connectivity index (χ3n) is 4.43. The van der Waals surface area contributed by atoms with Crippen LogP contribution in [-0.2, 0) is 9.84 Å². The van der Waals surface area contributed by atoms with Crippen LogP contribution in [0.5, 0.6) is 0 Å². The highest BCUT2D eigenvalue weighted by Crippen LogP contribution is 2.31. The van der Waals surface area contributed by atoms with Gasteiger partial charge >= 0.3 is 0 Å². The van der Waals surface area contributed by atoms with E-state index in [1.54, 1.807) is 19.1 Å². The quantitative estimate of drug-likeness (QED) is 0.804. The van der Waals surface area contributed by atoms with Crippen molar-refractivity contribution in [1.29, 1.82) is 0 Å². The lowest BCUT2D eigenvalue weighted by molar-refractivity contribution is 0.272. The zero-order chi connectivity index (χ0) is 15.3. The van der Waals surface area contributed by atoms with Gasteiger partial charge in [-0.2, -0.15) is 0 Å².